The van der Waals surface area contributed by atoms with Crippen molar-refractivity contribution in [2.45, 2.75) is 19.8 Å². The molecule has 1 nitrogen and oxygen atoms in total. The summed E-state index contributed by atoms with van der Waals surface area (Å²) in [6.07, 6.45) is 10.6. The molecule has 37 heavy (non-hydrogen) atoms. The van der Waals surface area contributed by atoms with Gasteiger partial charge in [-0.3, -0.25) is 4.98 Å². The Balaban J connectivity index is 1.44. The van der Waals surface area contributed by atoms with Crippen LogP contribution < -0.4 is 0 Å². The van der Waals surface area contributed by atoms with Crippen molar-refractivity contribution in [2.24, 2.45) is 0 Å². The van der Waals surface area contributed by atoms with Gasteiger partial charge in [-0.25, -0.2) is 0 Å². The topological polar surface area (TPSA) is 12.9 Å². The third-order valence-corrected chi connectivity index (χ3v) is 7.03. The second-order valence-electron chi connectivity index (χ2n) is 9.65. The van der Waals surface area contributed by atoms with E-state index in [4.69, 9.17) is 4.98 Å². The van der Waals surface area contributed by atoms with Crippen molar-refractivity contribution >= 4 is 16.3 Å². The normalized spacial score (nSPS) is 14.2. The number of benzene rings is 4. The summed E-state index contributed by atoms with van der Waals surface area (Å²) in [5.74, 6) is 0. The molecule has 1 heteroatoms. The molecular weight excluding hydrogens is 446 g/mol. The highest BCUT2D eigenvalue weighted by Crippen LogP contribution is 2.35. The number of aryl methyl sites for hydroxylation is 1. The maximum atomic E-state index is 4.74. The number of fused-ring (bicyclic) bond motifs is 1. The number of nitrogens with zero attached hydrogens (tertiary/aromatic N) is 1. The first kappa shape index (κ1) is 22.9. The van der Waals surface area contributed by atoms with Gasteiger partial charge in [-0.1, -0.05) is 109 Å². The fourth-order valence-electron chi connectivity index (χ4n) is 5.24. The highest BCUT2D eigenvalue weighted by Gasteiger charge is 2.16. The van der Waals surface area contributed by atoms with Gasteiger partial charge in [0.05, 0.1) is 5.69 Å². The Morgan fingerprint density at radius 2 is 1.57 bits per heavy atom. The summed E-state index contributed by atoms with van der Waals surface area (Å²) in [5.41, 5.74) is 11.1. The summed E-state index contributed by atoms with van der Waals surface area (Å²) in [7, 11) is 0. The fourth-order valence-corrected chi connectivity index (χ4v) is 5.24. The molecule has 0 bridgehead atoms. The van der Waals surface area contributed by atoms with Crippen LogP contribution in [0.2, 0.25) is 0 Å². The van der Waals surface area contributed by atoms with Crippen molar-refractivity contribution < 1.29 is 0 Å². The van der Waals surface area contributed by atoms with E-state index < -0.39 is 0 Å². The van der Waals surface area contributed by atoms with E-state index in [2.05, 4.69) is 127 Å². The van der Waals surface area contributed by atoms with Crippen molar-refractivity contribution in [2.75, 3.05) is 0 Å². The van der Waals surface area contributed by atoms with E-state index in [1.54, 1.807) is 0 Å². The molecule has 5 aromatic rings. The molecule has 178 valence electrons. The molecule has 0 spiro atoms. The predicted molar refractivity (Wildman–Crippen MR) is 157 cm³/mol. The molecule has 1 heterocycles. The molecule has 1 aliphatic rings. The molecular formula is C36H29N. The van der Waals surface area contributed by atoms with Crippen molar-refractivity contribution in [1.29, 1.82) is 0 Å². The summed E-state index contributed by atoms with van der Waals surface area (Å²) >= 11 is 0. The first-order valence-corrected chi connectivity index (χ1v) is 12.9. The van der Waals surface area contributed by atoms with Crippen LogP contribution in [0.5, 0.6) is 0 Å². The van der Waals surface area contributed by atoms with E-state index in [1.165, 1.54) is 44.2 Å². The zero-order chi connectivity index (χ0) is 25.0. The Hall–Kier alpha value is -4.49. The van der Waals surface area contributed by atoms with E-state index >= 15 is 0 Å². The van der Waals surface area contributed by atoms with Crippen LogP contribution >= 0.6 is 0 Å². The molecule has 0 saturated heterocycles. The van der Waals surface area contributed by atoms with Gasteiger partial charge in [-0.15, -0.1) is 0 Å². The second kappa shape index (κ2) is 10.2. The Bertz CT molecular complexity index is 1680. The average Bonchev–Trinajstić information content (AvgIpc) is 2.95. The lowest BCUT2D eigenvalue weighted by Gasteiger charge is -2.19. The van der Waals surface area contributed by atoms with Gasteiger partial charge in [0, 0.05) is 11.3 Å². The molecule has 0 aliphatic heterocycles. The smallest absolute Gasteiger partial charge is 0.0705 e. The van der Waals surface area contributed by atoms with Gasteiger partial charge in [-0.05, 0) is 88.2 Å². The largest absolute Gasteiger partial charge is 0.253 e. The highest BCUT2D eigenvalue weighted by molar-refractivity contribution is 5.92. The Morgan fingerprint density at radius 3 is 2.43 bits per heavy atom. The number of hydrogen-bond acceptors (Lipinski definition) is 1. The molecule has 1 aromatic heterocycles. The predicted octanol–water partition coefficient (Wildman–Crippen LogP) is 9.12. The number of aromatic nitrogens is 1. The first-order valence-electron chi connectivity index (χ1n) is 12.9. The van der Waals surface area contributed by atoms with Crippen LogP contribution in [0.15, 0.2) is 139 Å². The van der Waals surface area contributed by atoms with Crippen molar-refractivity contribution in [3.05, 3.63) is 167 Å². The first-order chi connectivity index (χ1) is 18.2. The minimum atomic E-state index is 0.861. The van der Waals surface area contributed by atoms with Gasteiger partial charge in [0.25, 0.3) is 0 Å². The van der Waals surface area contributed by atoms with Gasteiger partial charge in [0.2, 0.25) is 0 Å². The van der Waals surface area contributed by atoms with Crippen molar-refractivity contribution in [1.82, 2.24) is 4.98 Å². The Morgan fingerprint density at radius 1 is 0.730 bits per heavy atom. The maximum absolute atomic E-state index is 4.74. The highest BCUT2D eigenvalue weighted by atomic mass is 14.7. The SMILES string of the molecule is Cc1cccc(-c2cccc(Cc3ccccc3/C(=C3/C=CC=CC3)c3ccc4ccccc4c3)c2)n1. The second-order valence-corrected chi connectivity index (χ2v) is 9.65. The lowest BCUT2D eigenvalue weighted by Crippen LogP contribution is -2.00. The summed E-state index contributed by atoms with van der Waals surface area (Å²) in [4.78, 5) is 4.74. The molecule has 0 saturated carbocycles. The lowest BCUT2D eigenvalue weighted by atomic mass is 9.85. The van der Waals surface area contributed by atoms with Crippen LogP contribution in [-0.4, -0.2) is 4.98 Å². The van der Waals surface area contributed by atoms with Gasteiger partial charge in [0.1, 0.15) is 0 Å². The van der Waals surface area contributed by atoms with E-state index in [9.17, 15) is 0 Å². The van der Waals surface area contributed by atoms with Crippen LogP contribution in [0, 0.1) is 6.92 Å². The zero-order valence-electron chi connectivity index (χ0n) is 21.1. The quantitative estimate of drug-likeness (QED) is 0.247. The van der Waals surface area contributed by atoms with Crippen LogP contribution in [0.4, 0.5) is 0 Å². The Labute approximate surface area is 219 Å². The molecule has 0 fully saturated rings. The number of allylic oxidation sites excluding steroid dienone is 5. The van der Waals surface area contributed by atoms with Gasteiger partial charge < -0.3 is 0 Å². The number of rotatable bonds is 5. The summed E-state index contributed by atoms with van der Waals surface area (Å²) in [6, 6.07) is 39.4. The van der Waals surface area contributed by atoms with Crippen LogP contribution in [0.25, 0.3) is 27.6 Å². The molecule has 0 atom stereocenters. The van der Waals surface area contributed by atoms with Crippen LogP contribution in [0.1, 0.15) is 34.4 Å². The van der Waals surface area contributed by atoms with Gasteiger partial charge in [-0.2, -0.15) is 0 Å². The maximum Gasteiger partial charge on any atom is 0.0705 e. The number of pyridine rings is 1. The monoisotopic (exact) mass is 475 g/mol. The molecule has 0 amide bonds. The summed E-state index contributed by atoms with van der Waals surface area (Å²) < 4.78 is 0. The van der Waals surface area contributed by atoms with Crippen LogP contribution in [0.3, 0.4) is 0 Å². The zero-order valence-corrected chi connectivity index (χ0v) is 21.1. The fraction of sp³-hybridized carbons (Fsp3) is 0.0833. The Kier molecular flexibility index (Phi) is 6.35. The summed E-state index contributed by atoms with van der Waals surface area (Å²) in [5, 5.41) is 2.54. The lowest BCUT2D eigenvalue weighted by molar-refractivity contribution is 1.16. The standard InChI is InChI=1S/C36H29N/c1-26-11-9-20-35(37-26)32-18-10-12-27(24-32)23-31-17-7-8-19-34(31)36(29-14-3-2-4-15-29)33-22-21-28-13-5-6-16-30(28)25-33/h2-14,16-22,24-25H,15,23H2,1H3/b36-29-. The van der Waals surface area contributed by atoms with Crippen molar-refractivity contribution in [3.8, 4) is 11.3 Å². The van der Waals surface area contributed by atoms with Gasteiger partial charge in [0.15, 0.2) is 0 Å². The third kappa shape index (κ3) is 4.94. The van der Waals surface area contributed by atoms with E-state index in [0.717, 1.165) is 29.8 Å². The molecule has 0 N–H and O–H groups in total. The molecule has 6 rings (SSSR count). The van der Waals surface area contributed by atoms with E-state index in [0.29, 0.717) is 0 Å². The average molecular weight is 476 g/mol. The molecule has 1 aliphatic carbocycles. The number of hydrogen-bond donors (Lipinski definition) is 0. The molecule has 4 aromatic carbocycles. The molecule has 0 unspecified atom stereocenters. The van der Waals surface area contributed by atoms with Crippen molar-refractivity contribution in [3.63, 3.8) is 0 Å². The minimum absolute atomic E-state index is 0.861. The molecule has 0 radical (unpaired) electrons. The van der Waals surface area contributed by atoms with Crippen LogP contribution in [-0.2, 0) is 6.42 Å². The third-order valence-electron chi connectivity index (χ3n) is 7.03. The summed E-state index contributed by atoms with van der Waals surface area (Å²) in [6.45, 7) is 2.04. The minimum Gasteiger partial charge on any atom is -0.253 e. The van der Waals surface area contributed by atoms with Gasteiger partial charge >= 0.3 is 0 Å². The van der Waals surface area contributed by atoms with E-state index in [1.807, 2.05) is 13.0 Å². The van der Waals surface area contributed by atoms with E-state index in [-0.39, 0.29) is 0 Å².